The minimum absolute atomic E-state index is 0.464. The number of amides is 1. The summed E-state index contributed by atoms with van der Waals surface area (Å²) in [6.07, 6.45) is 3.22. The number of rotatable bonds is 3. The zero-order valence-electron chi connectivity index (χ0n) is 11.4. The number of aryl methyl sites for hydroxylation is 1. The number of aldehydes is 1. The van der Waals surface area contributed by atoms with E-state index in [2.05, 4.69) is 10.3 Å². The van der Waals surface area contributed by atoms with Gasteiger partial charge in [0.1, 0.15) is 11.1 Å². The normalized spacial score (nSPS) is 14.7. The van der Waals surface area contributed by atoms with Gasteiger partial charge in [-0.2, -0.15) is 0 Å². The molecule has 6 heteroatoms. The lowest BCUT2D eigenvalue weighted by atomic mass is 10.0. The molecule has 1 aromatic heterocycles. The molecule has 0 radical (unpaired) electrons. The molecule has 1 unspecified atom stereocenters. The monoisotopic (exact) mass is 253 g/mol. The van der Waals surface area contributed by atoms with E-state index in [0.717, 1.165) is 0 Å². The molecular formula is C12H19N3O3. The molecular weight excluding hydrogens is 234 g/mol. The lowest BCUT2D eigenvalue weighted by molar-refractivity contribution is -0.113. The van der Waals surface area contributed by atoms with Gasteiger partial charge in [-0.15, -0.1) is 0 Å². The van der Waals surface area contributed by atoms with Crippen LogP contribution in [0.5, 0.6) is 0 Å². The highest BCUT2D eigenvalue weighted by molar-refractivity contribution is 5.77. The molecule has 0 saturated carbocycles. The van der Waals surface area contributed by atoms with Crippen LogP contribution in [0.1, 0.15) is 33.4 Å². The Bertz CT molecular complexity index is 448. The van der Waals surface area contributed by atoms with Gasteiger partial charge >= 0.3 is 6.09 Å². The quantitative estimate of drug-likeness (QED) is 0.825. The van der Waals surface area contributed by atoms with E-state index in [-0.39, 0.29) is 0 Å². The van der Waals surface area contributed by atoms with Gasteiger partial charge in [-0.3, -0.25) is 0 Å². The van der Waals surface area contributed by atoms with Crippen molar-refractivity contribution in [1.29, 1.82) is 0 Å². The van der Waals surface area contributed by atoms with Crippen molar-refractivity contribution < 1.29 is 14.3 Å². The van der Waals surface area contributed by atoms with E-state index in [1.807, 2.05) is 0 Å². The number of imidazole rings is 1. The van der Waals surface area contributed by atoms with E-state index < -0.39 is 17.2 Å². The average molecular weight is 253 g/mol. The molecule has 1 amide bonds. The van der Waals surface area contributed by atoms with Gasteiger partial charge in [0.25, 0.3) is 0 Å². The van der Waals surface area contributed by atoms with Crippen LogP contribution in [0.4, 0.5) is 4.79 Å². The molecule has 1 atom stereocenters. The lowest BCUT2D eigenvalue weighted by Gasteiger charge is -2.26. The molecule has 100 valence electrons. The number of hydrogen-bond donors (Lipinski definition) is 1. The van der Waals surface area contributed by atoms with Crippen molar-refractivity contribution in [2.75, 3.05) is 0 Å². The number of aromatic nitrogens is 2. The largest absolute Gasteiger partial charge is 0.444 e. The molecule has 0 saturated heterocycles. The number of nitrogens with zero attached hydrogens (tertiary/aromatic N) is 2. The molecule has 0 spiro atoms. The third-order valence-electron chi connectivity index (χ3n) is 2.23. The van der Waals surface area contributed by atoms with Gasteiger partial charge in [0.15, 0.2) is 6.29 Å². The van der Waals surface area contributed by atoms with Crippen molar-refractivity contribution in [3.8, 4) is 0 Å². The molecule has 18 heavy (non-hydrogen) atoms. The lowest BCUT2D eigenvalue weighted by Crippen LogP contribution is -2.47. The van der Waals surface area contributed by atoms with Gasteiger partial charge in [0, 0.05) is 13.2 Å². The van der Waals surface area contributed by atoms with Crippen LogP contribution in [-0.4, -0.2) is 27.5 Å². The summed E-state index contributed by atoms with van der Waals surface area (Å²) in [5, 5.41) is 2.52. The summed E-state index contributed by atoms with van der Waals surface area (Å²) >= 11 is 0. The van der Waals surface area contributed by atoms with E-state index in [4.69, 9.17) is 4.74 Å². The molecule has 0 aliphatic rings. The van der Waals surface area contributed by atoms with Crippen LogP contribution in [0.25, 0.3) is 0 Å². The average Bonchev–Trinajstić information content (AvgIpc) is 2.62. The smallest absolute Gasteiger partial charge is 0.408 e. The van der Waals surface area contributed by atoms with Gasteiger partial charge in [-0.1, -0.05) is 0 Å². The van der Waals surface area contributed by atoms with Crippen LogP contribution in [0.2, 0.25) is 0 Å². The van der Waals surface area contributed by atoms with Crippen LogP contribution in [0.3, 0.4) is 0 Å². The van der Waals surface area contributed by atoms with Crippen molar-refractivity contribution in [1.82, 2.24) is 14.9 Å². The molecule has 1 heterocycles. The first-order chi connectivity index (χ1) is 8.16. The van der Waals surface area contributed by atoms with Crippen LogP contribution >= 0.6 is 0 Å². The first-order valence-corrected chi connectivity index (χ1v) is 5.62. The number of hydrogen-bond acceptors (Lipinski definition) is 4. The van der Waals surface area contributed by atoms with Gasteiger partial charge in [-0.25, -0.2) is 9.78 Å². The Balaban J connectivity index is 2.84. The Morgan fingerprint density at radius 3 is 2.44 bits per heavy atom. The Morgan fingerprint density at radius 2 is 2.06 bits per heavy atom. The third kappa shape index (κ3) is 3.58. The molecule has 0 aliphatic carbocycles. The summed E-state index contributed by atoms with van der Waals surface area (Å²) in [5.41, 5.74) is -1.34. The van der Waals surface area contributed by atoms with E-state index in [9.17, 15) is 9.59 Å². The molecule has 0 fully saturated rings. The van der Waals surface area contributed by atoms with E-state index >= 15 is 0 Å². The zero-order chi connectivity index (χ0) is 14.0. The molecule has 1 rings (SSSR count). The second-order valence-corrected chi connectivity index (χ2v) is 5.37. The van der Waals surface area contributed by atoms with E-state index in [1.165, 1.54) is 0 Å². The molecule has 1 N–H and O–H groups in total. The minimum Gasteiger partial charge on any atom is -0.444 e. The molecule has 0 aromatic carbocycles. The maximum atomic E-state index is 11.7. The Kier molecular flexibility index (Phi) is 3.79. The fraction of sp³-hybridized carbons (Fsp3) is 0.583. The highest BCUT2D eigenvalue weighted by atomic mass is 16.6. The maximum Gasteiger partial charge on any atom is 0.408 e. The van der Waals surface area contributed by atoms with Crippen molar-refractivity contribution in [3.05, 3.63) is 18.2 Å². The van der Waals surface area contributed by atoms with Gasteiger partial charge < -0.3 is 19.4 Å². The first-order valence-electron chi connectivity index (χ1n) is 5.62. The predicted molar refractivity (Wildman–Crippen MR) is 66.0 cm³/mol. The summed E-state index contributed by atoms with van der Waals surface area (Å²) in [4.78, 5) is 27.0. The van der Waals surface area contributed by atoms with Crippen LogP contribution in [-0.2, 0) is 22.1 Å². The van der Waals surface area contributed by atoms with E-state index in [1.54, 1.807) is 51.8 Å². The van der Waals surface area contributed by atoms with Gasteiger partial charge in [0.05, 0.1) is 12.0 Å². The maximum absolute atomic E-state index is 11.7. The molecule has 1 aromatic rings. The van der Waals surface area contributed by atoms with Crippen LogP contribution in [0.15, 0.2) is 12.5 Å². The summed E-state index contributed by atoms with van der Waals surface area (Å²) < 4.78 is 6.82. The van der Waals surface area contributed by atoms with Crippen LogP contribution < -0.4 is 5.32 Å². The van der Waals surface area contributed by atoms with Crippen molar-refractivity contribution in [2.24, 2.45) is 7.05 Å². The Hall–Kier alpha value is -1.85. The topological polar surface area (TPSA) is 73.2 Å². The number of carbonyl (C=O) groups excluding carboxylic acids is 2. The zero-order valence-corrected chi connectivity index (χ0v) is 11.4. The fourth-order valence-corrected chi connectivity index (χ4v) is 1.35. The minimum atomic E-state index is -1.19. The van der Waals surface area contributed by atoms with E-state index in [0.29, 0.717) is 12.0 Å². The number of carbonyl (C=O) groups is 2. The summed E-state index contributed by atoms with van der Waals surface area (Å²) in [5.74, 6) is 0. The highest BCUT2D eigenvalue weighted by Gasteiger charge is 2.32. The second kappa shape index (κ2) is 4.80. The fourth-order valence-electron chi connectivity index (χ4n) is 1.35. The predicted octanol–water partition coefficient (Wildman–Crippen LogP) is 1.36. The first kappa shape index (κ1) is 14.2. The number of nitrogens with one attached hydrogen (secondary N) is 1. The number of ether oxygens (including phenoxy) is 1. The Morgan fingerprint density at radius 1 is 1.44 bits per heavy atom. The summed E-state index contributed by atoms with van der Waals surface area (Å²) in [7, 11) is 1.79. The van der Waals surface area contributed by atoms with Gasteiger partial charge in [-0.05, 0) is 27.7 Å². The molecule has 0 aliphatic heterocycles. The third-order valence-corrected chi connectivity index (χ3v) is 2.23. The molecule has 0 bridgehead atoms. The van der Waals surface area contributed by atoms with Gasteiger partial charge in [0.2, 0.25) is 0 Å². The van der Waals surface area contributed by atoms with Crippen molar-refractivity contribution in [2.45, 2.75) is 38.8 Å². The molecule has 6 nitrogen and oxygen atoms in total. The second-order valence-electron chi connectivity index (χ2n) is 5.37. The highest BCUT2D eigenvalue weighted by Crippen LogP contribution is 2.17. The summed E-state index contributed by atoms with van der Waals surface area (Å²) in [6, 6.07) is 0. The SMILES string of the molecule is Cn1cnc(C(C)(C=O)NC(=O)OC(C)(C)C)c1. The summed E-state index contributed by atoms with van der Waals surface area (Å²) in [6.45, 7) is 6.84. The van der Waals surface area contributed by atoms with Crippen molar-refractivity contribution >= 4 is 12.4 Å². The number of alkyl carbamates (subject to hydrolysis) is 1. The van der Waals surface area contributed by atoms with Crippen LogP contribution in [0, 0.1) is 0 Å². The van der Waals surface area contributed by atoms with Crippen molar-refractivity contribution in [3.63, 3.8) is 0 Å². The standard InChI is InChI=1S/C12H19N3O3/c1-11(2,3)18-10(17)14-12(4,7-16)9-6-15(5)8-13-9/h6-8H,1-5H3,(H,14,17). The Labute approximate surface area is 106 Å².